The number of anilines is 1. The molecule has 4 N–H and O–H groups in total. The minimum atomic E-state index is -0.727. The zero-order chi connectivity index (χ0) is 12.3. The van der Waals surface area contributed by atoms with E-state index in [4.69, 9.17) is 5.73 Å². The number of aromatic amines is 1. The Bertz CT molecular complexity index is 394. The number of carboxylic acids is 1. The molecule has 0 bridgehead atoms. The van der Waals surface area contributed by atoms with Gasteiger partial charge in [0.2, 0.25) is 5.95 Å². The molecule has 0 aliphatic heterocycles. The number of hydrogen-bond acceptors (Lipinski definition) is 4. The number of H-pyrrole nitrogens is 1. The molecule has 1 heterocycles. The van der Waals surface area contributed by atoms with Crippen molar-refractivity contribution < 1.29 is 9.90 Å². The van der Waals surface area contributed by atoms with Gasteiger partial charge < -0.3 is 10.8 Å². The Morgan fingerprint density at radius 2 is 2.00 bits per heavy atom. The van der Waals surface area contributed by atoms with Crippen molar-refractivity contribution in [3.63, 3.8) is 0 Å². The topological polar surface area (TPSA) is 105 Å². The van der Waals surface area contributed by atoms with E-state index < -0.39 is 11.4 Å². The first-order valence-electron chi connectivity index (χ1n) is 6.03. The molecule has 0 aromatic carbocycles. The summed E-state index contributed by atoms with van der Waals surface area (Å²) in [5.74, 6) is 0.0235. The molecule has 1 aliphatic rings. The molecule has 1 fully saturated rings. The number of hydrogen-bond donors (Lipinski definition) is 3. The molecule has 0 saturated heterocycles. The second kappa shape index (κ2) is 4.73. The van der Waals surface area contributed by atoms with Gasteiger partial charge in [-0.1, -0.05) is 25.7 Å². The molecule has 1 aromatic heterocycles. The highest BCUT2D eigenvalue weighted by Gasteiger charge is 2.39. The summed E-state index contributed by atoms with van der Waals surface area (Å²) in [6, 6.07) is 0. The number of carbonyl (C=O) groups is 1. The van der Waals surface area contributed by atoms with Gasteiger partial charge in [0.1, 0.15) is 5.82 Å². The van der Waals surface area contributed by atoms with Crippen LogP contribution in [0, 0.1) is 5.41 Å². The molecule has 2 rings (SSSR count). The average Bonchev–Trinajstić information content (AvgIpc) is 2.54. The number of nitrogen functional groups attached to an aromatic ring is 1. The van der Waals surface area contributed by atoms with E-state index in [0.717, 1.165) is 25.7 Å². The van der Waals surface area contributed by atoms with Crippen LogP contribution in [0.4, 0.5) is 5.95 Å². The van der Waals surface area contributed by atoms with E-state index in [9.17, 15) is 9.90 Å². The fourth-order valence-corrected chi connectivity index (χ4v) is 2.58. The van der Waals surface area contributed by atoms with Gasteiger partial charge in [0, 0.05) is 6.42 Å². The van der Waals surface area contributed by atoms with Crippen molar-refractivity contribution in [1.29, 1.82) is 0 Å². The molecule has 0 radical (unpaired) electrons. The molecular weight excluding hydrogens is 220 g/mol. The van der Waals surface area contributed by atoms with Gasteiger partial charge in [-0.3, -0.25) is 9.89 Å². The largest absolute Gasteiger partial charge is 0.481 e. The van der Waals surface area contributed by atoms with Crippen molar-refractivity contribution in [3.05, 3.63) is 5.82 Å². The molecule has 94 valence electrons. The summed E-state index contributed by atoms with van der Waals surface area (Å²) in [5.41, 5.74) is 4.74. The molecule has 0 unspecified atom stereocenters. The molecule has 6 heteroatoms. The number of carboxylic acid groups (broad SMARTS) is 1. The number of rotatable bonds is 3. The summed E-state index contributed by atoms with van der Waals surface area (Å²) in [5, 5.41) is 15.9. The second-order valence-electron chi connectivity index (χ2n) is 4.82. The highest BCUT2D eigenvalue weighted by molar-refractivity contribution is 5.75. The van der Waals surface area contributed by atoms with Crippen LogP contribution in [0.5, 0.6) is 0 Å². The summed E-state index contributed by atoms with van der Waals surface area (Å²) in [7, 11) is 0. The van der Waals surface area contributed by atoms with Crippen LogP contribution >= 0.6 is 0 Å². The van der Waals surface area contributed by atoms with Crippen LogP contribution < -0.4 is 5.73 Å². The molecule has 6 nitrogen and oxygen atoms in total. The standard InChI is InChI=1S/C11H18N4O2/c12-10-13-8(14-15-10)7-11(9(16)17)5-3-1-2-4-6-11/h1-7H2,(H,16,17)(H3,12,13,14,15). The summed E-state index contributed by atoms with van der Waals surface area (Å²) < 4.78 is 0. The Balaban J connectivity index is 2.18. The van der Waals surface area contributed by atoms with Gasteiger partial charge in [-0.25, -0.2) is 0 Å². The number of aliphatic carboxylic acids is 1. The van der Waals surface area contributed by atoms with Crippen molar-refractivity contribution in [3.8, 4) is 0 Å². The number of nitrogens with one attached hydrogen (secondary N) is 1. The van der Waals surface area contributed by atoms with E-state index in [0.29, 0.717) is 25.1 Å². The average molecular weight is 238 g/mol. The van der Waals surface area contributed by atoms with E-state index in [1.807, 2.05) is 0 Å². The van der Waals surface area contributed by atoms with Crippen LogP contribution in [0.2, 0.25) is 0 Å². The normalized spacial score (nSPS) is 19.8. The molecule has 0 spiro atoms. The number of aromatic nitrogens is 3. The van der Waals surface area contributed by atoms with Crippen molar-refractivity contribution >= 4 is 11.9 Å². The first kappa shape index (κ1) is 11.9. The lowest BCUT2D eigenvalue weighted by Crippen LogP contribution is -2.33. The number of nitrogens with two attached hydrogens (primary N) is 1. The Hall–Kier alpha value is -1.59. The fraction of sp³-hybridized carbons (Fsp3) is 0.727. The third-order valence-corrected chi connectivity index (χ3v) is 3.57. The Labute approximate surface area is 99.6 Å². The minimum absolute atomic E-state index is 0.175. The van der Waals surface area contributed by atoms with Gasteiger partial charge in [-0.05, 0) is 12.8 Å². The molecule has 0 amide bonds. The van der Waals surface area contributed by atoms with Gasteiger partial charge in [0.15, 0.2) is 0 Å². The second-order valence-corrected chi connectivity index (χ2v) is 4.82. The fourth-order valence-electron chi connectivity index (χ4n) is 2.58. The van der Waals surface area contributed by atoms with Crippen LogP contribution in [0.15, 0.2) is 0 Å². The van der Waals surface area contributed by atoms with E-state index in [1.165, 1.54) is 0 Å². The molecule has 1 aromatic rings. The van der Waals surface area contributed by atoms with Gasteiger partial charge >= 0.3 is 5.97 Å². The molecule has 1 saturated carbocycles. The highest BCUT2D eigenvalue weighted by Crippen LogP contribution is 2.37. The summed E-state index contributed by atoms with van der Waals surface area (Å²) >= 11 is 0. The van der Waals surface area contributed by atoms with Crippen molar-refractivity contribution in [1.82, 2.24) is 15.2 Å². The zero-order valence-electron chi connectivity index (χ0n) is 9.78. The van der Waals surface area contributed by atoms with Crippen molar-refractivity contribution in [2.24, 2.45) is 5.41 Å². The molecule has 0 atom stereocenters. The predicted molar refractivity (Wildman–Crippen MR) is 62.3 cm³/mol. The van der Waals surface area contributed by atoms with Crippen LogP contribution in [0.3, 0.4) is 0 Å². The SMILES string of the molecule is Nc1n[nH]c(CC2(C(=O)O)CCCCCC2)n1. The van der Waals surface area contributed by atoms with Crippen LogP contribution in [0.1, 0.15) is 44.3 Å². The first-order chi connectivity index (χ1) is 8.12. The first-order valence-corrected chi connectivity index (χ1v) is 6.03. The monoisotopic (exact) mass is 238 g/mol. The van der Waals surface area contributed by atoms with Crippen molar-refractivity contribution in [2.45, 2.75) is 44.9 Å². The summed E-state index contributed by atoms with van der Waals surface area (Å²) in [6.07, 6.45) is 5.99. The maximum atomic E-state index is 11.5. The lowest BCUT2D eigenvalue weighted by Gasteiger charge is -2.26. The van der Waals surface area contributed by atoms with E-state index in [1.54, 1.807) is 0 Å². The quantitative estimate of drug-likeness (QED) is 0.689. The van der Waals surface area contributed by atoms with Gasteiger partial charge in [0.05, 0.1) is 5.41 Å². The maximum Gasteiger partial charge on any atom is 0.310 e. The van der Waals surface area contributed by atoms with Crippen LogP contribution in [-0.4, -0.2) is 26.3 Å². The lowest BCUT2D eigenvalue weighted by molar-refractivity contribution is -0.150. The zero-order valence-corrected chi connectivity index (χ0v) is 9.78. The van der Waals surface area contributed by atoms with E-state index in [-0.39, 0.29) is 5.95 Å². The molecule has 1 aliphatic carbocycles. The van der Waals surface area contributed by atoms with E-state index >= 15 is 0 Å². The van der Waals surface area contributed by atoms with Gasteiger partial charge in [-0.15, -0.1) is 5.10 Å². The lowest BCUT2D eigenvalue weighted by atomic mass is 9.77. The summed E-state index contributed by atoms with van der Waals surface area (Å²) in [4.78, 5) is 15.6. The predicted octanol–water partition coefficient (Wildman–Crippen LogP) is 1.35. The highest BCUT2D eigenvalue weighted by atomic mass is 16.4. The Morgan fingerprint density at radius 1 is 1.35 bits per heavy atom. The molecular formula is C11H18N4O2. The van der Waals surface area contributed by atoms with Crippen LogP contribution in [-0.2, 0) is 11.2 Å². The maximum absolute atomic E-state index is 11.5. The third kappa shape index (κ3) is 2.57. The van der Waals surface area contributed by atoms with Crippen molar-refractivity contribution in [2.75, 3.05) is 5.73 Å². The van der Waals surface area contributed by atoms with Gasteiger partial charge in [0.25, 0.3) is 0 Å². The summed E-state index contributed by atoms with van der Waals surface area (Å²) in [6.45, 7) is 0. The van der Waals surface area contributed by atoms with Gasteiger partial charge in [-0.2, -0.15) is 4.98 Å². The van der Waals surface area contributed by atoms with E-state index in [2.05, 4.69) is 15.2 Å². The Kier molecular flexibility index (Phi) is 3.31. The van der Waals surface area contributed by atoms with Crippen LogP contribution in [0.25, 0.3) is 0 Å². The smallest absolute Gasteiger partial charge is 0.310 e. The minimum Gasteiger partial charge on any atom is -0.481 e. The third-order valence-electron chi connectivity index (χ3n) is 3.57. The Morgan fingerprint density at radius 3 is 2.47 bits per heavy atom. The molecule has 17 heavy (non-hydrogen) atoms. The number of nitrogens with zero attached hydrogens (tertiary/aromatic N) is 2.